The monoisotopic (exact) mass is 449 g/mol. The number of hydrogen-bond donors (Lipinski definition) is 2. The van der Waals surface area contributed by atoms with Crippen molar-refractivity contribution in [3.63, 3.8) is 0 Å². The zero-order valence-corrected chi connectivity index (χ0v) is 17.8. The van der Waals surface area contributed by atoms with Gasteiger partial charge in [-0.3, -0.25) is 4.99 Å². The van der Waals surface area contributed by atoms with Crippen molar-refractivity contribution in [1.29, 1.82) is 0 Å². The van der Waals surface area contributed by atoms with Gasteiger partial charge in [0.05, 0.1) is 19.3 Å². The molecule has 5 nitrogen and oxygen atoms in total. The van der Waals surface area contributed by atoms with Crippen LogP contribution in [0.4, 0.5) is 0 Å². The molecule has 0 radical (unpaired) electrons. The van der Waals surface area contributed by atoms with Crippen LogP contribution >= 0.6 is 24.0 Å². The Morgan fingerprint density at radius 2 is 1.83 bits per heavy atom. The maximum atomic E-state index is 5.65. The SMILES string of the molecule is CN=C(NCCOCc1ccccc1)NCC(OC)C(C)(C)C.I. The molecule has 1 rings (SSSR count). The number of nitrogens with zero attached hydrogens (tertiary/aromatic N) is 1. The highest BCUT2D eigenvalue weighted by Crippen LogP contribution is 2.20. The molecule has 0 spiro atoms. The standard InChI is InChI=1S/C18H31N3O2.HI/c1-18(2,3)16(22-5)13-21-17(19-4)20-11-12-23-14-15-9-7-6-8-10-15;/h6-10,16H,11-14H2,1-5H3,(H2,19,20,21);1H. The summed E-state index contributed by atoms with van der Waals surface area (Å²) in [5.41, 5.74) is 1.27. The molecule has 138 valence electrons. The number of ether oxygens (including phenoxy) is 2. The van der Waals surface area contributed by atoms with Crippen molar-refractivity contribution >= 4 is 29.9 Å². The molecule has 6 heteroatoms. The maximum absolute atomic E-state index is 5.65. The molecular formula is C18H32IN3O2. The van der Waals surface area contributed by atoms with Crippen LogP contribution in [0.3, 0.4) is 0 Å². The van der Waals surface area contributed by atoms with E-state index in [1.165, 1.54) is 5.56 Å². The lowest BCUT2D eigenvalue weighted by molar-refractivity contribution is 0.0205. The topological polar surface area (TPSA) is 54.9 Å². The number of aliphatic imine (C=N–C) groups is 1. The molecule has 0 aliphatic carbocycles. The van der Waals surface area contributed by atoms with E-state index in [1.54, 1.807) is 14.2 Å². The van der Waals surface area contributed by atoms with E-state index in [1.807, 2.05) is 18.2 Å². The maximum Gasteiger partial charge on any atom is 0.191 e. The Kier molecular flexibility index (Phi) is 12.0. The molecule has 0 aliphatic heterocycles. The van der Waals surface area contributed by atoms with Crippen LogP contribution < -0.4 is 10.6 Å². The summed E-state index contributed by atoms with van der Waals surface area (Å²) < 4.78 is 11.2. The summed E-state index contributed by atoms with van der Waals surface area (Å²) in [7, 11) is 3.50. The number of guanidine groups is 1. The highest BCUT2D eigenvalue weighted by Gasteiger charge is 2.24. The fourth-order valence-corrected chi connectivity index (χ4v) is 2.16. The highest BCUT2D eigenvalue weighted by molar-refractivity contribution is 14.0. The second-order valence-electron chi connectivity index (χ2n) is 6.51. The molecule has 1 unspecified atom stereocenters. The third kappa shape index (κ3) is 9.44. The van der Waals surface area contributed by atoms with Gasteiger partial charge in [-0.1, -0.05) is 51.1 Å². The van der Waals surface area contributed by atoms with Crippen molar-refractivity contribution in [3.05, 3.63) is 35.9 Å². The van der Waals surface area contributed by atoms with Gasteiger partial charge in [0.15, 0.2) is 5.96 Å². The van der Waals surface area contributed by atoms with Crippen LogP contribution in [0.15, 0.2) is 35.3 Å². The summed E-state index contributed by atoms with van der Waals surface area (Å²) >= 11 is 0. The van der Waals surface area contributed by atoms with E-state index >= 15 is 0 Å². The molecule has 0 heterocycles. The van der Waals surface area contributed by atoms with Gasteiger partial charge in [-0.2, -0.15) is 0 Å². The van der Waals surface area contributed by atoms with E-state index in [-0.39, 0.29) is 35.5 Å². The number of methoxy groups -OCH3 is 1. The molecular weight excluding hydrogens is 417 g/mol. The Bertz CT molecular complexity index is 461. The van der Waals surface area contributed by atoms with Gasteiger partial charge < -0.3 is 20.1 Å². The average Bonchev–Trinajstić information content (AvgIpc) is 2.53. The van der Waals surface area contributed by atoms with Crippen LogP contribution in [0.1, 0.15) is 26.3 Å². The van der Waals surface area contributed by atoms with E-state index in [0.29, 0.717) is 26.3 Å². The van der Waals surface area contributed by atoms with Crippen LogP contribution in [0.25, 0.3) is 0 Å². The average molecular weight is 449 g/mol. The minimum absolute atomic E-state index is 0. The Morgan fingerprint density at radius 3 is 2.38 bits per heavy atom. The van der Waals surface area contributed by atoms with E-state index in [2.05, 4.69) is 48.5 Å². The Labute approximate surface area is 163 Å². The predicted molar refractivity (Wildman–Crippen MR) is 111 cm³/mol. The van der Waals surface area contributed by atoms with Gasteiger partial charge in [-0.25, -0.2) is 0 Å². The van der Waals surface area contributed by atoms with Crippen molar-refractivity contribution in [2.24, 2.45) is 10.4 Å². The summed E-state index contributed by atoms with van der Waals surface area (Å²) in [5, 5.41) is 6.54. The zero-order chi connectivity index (χ0) is 17.1. The molecule has 0 saturated carbocycles. The van der Waals surface area contributed by atoms with Crippen molar-refractivity contribution < 1.29 is 9.47 Å². The number of rotatable bonds is 8. The first kappa shape index (κ1) is 23.1. The van der Waals surface area contributed by atoms with E-state index in [0.717, 1.165) is 5.96 Å². The Morgan fingerprint density at radius 1 is 1.17 bits per heavy atom. The summed E-state index contributed by atoms with van der Waals surface area (Å²) in [6.07, 6.45) is 0.121. The second kappa shape index (κ2) is 12.5. The predicted octanol–water partition coefficient (Wildman–Crippen LogP) is 3.05. The van der Waals surface area contributed by atoms with Crippen LogP contribution in [-0.4, -0.2) is 45.9 Å². The lowest BCUT2D eigenvalue weighted by atomic mass is 9.89. The molecule has 1 aromatic carbocycles. The minimum atomic E-state index is 0. The van der Waals surface area contributed by atoms with Gasteiger partial charge in [0, 0.05) is 27.2 Å². The first-order valence-electron chi connectivity index (χ1n) is 8.06. The van der Waals surface area contributed by atoms with Gasteiger partial charge >= 0.3 is 0 Å². The zero-order valence-electron chi connectivity index (χ0n) is 15.5. The molecule has 0 amide bonds. The van der Waals surface area contributed by atoms with Crippen LogP contribution in [0.2, 0.25) is 0 Å². The molecule has 1 aromatic rings. The van der Waals surface area contributed by atoms with Gasteiger partial charge in [0.2, 0.25) is 0 Å². The summed E-state index contributed by atoms with van der Waals surface area (Å²) in [6, 6.07) is 10.2. The molecule has 0 aliphatic rings. The molecule has 0 aromatic heterocycles. The fraction of sp³-hybridized carbons (Fsp3) is 0.611. The number of halogens is 1. The molecule has 2 N–H and O–H groups in total. The Balaban J connectivity index is 0.00000529. The normalized spacial score (nSPS) is 13.1. The number of nitrogens with one attached hydrogen (secondary N) is 2. The van der Waals surface area contributed by atoms with Crippen LogP contribution in [0, 0.1) is 5.41 Å². The van der Waals surface area contributed by atoms with Crippen molar-refractivity contribution in [1.82, 2.24) is 10.6 Å². The fourth-order valence-electron chi connectivity index (χ4n) is 2.16. The van der Waals surface area contributed by atoms with E-state index in [9.17, 15) is 0 Å². The van der Waals surface area contributed by atoms with Crippen molar-refractivity contribution in [3.8, 4) is 0 Å². The van der Waals surface area contributed by atoms with Gasteiger partial charge in [-0.15, -0.1) is 24.0 Å². The van der Waals surface area contributed by atoms with Crippen molar-refractivity contribution in [2.75, 3.05) is 33.9 Å². The van der Waals surface area contributed by atoms with Gasteiger partial charge in [0.1, 0.15) is 0 Å². The second-order valence-corrected chi connectivity index (χ2v) is 6.51. The summed E-state index contributed by atoms with van der Waals surface area (Å²) in [4.78, 5) is 4.22. The third-order valence-corrected chi connectivity index (χ3v) is 3.58. The number of hydrogen-bond acceptors (Lipinski definition) is 3. The molecule has 0 bridgehead atoms. The number of benzene rings is 1. The summed E-state index contributed by atoms with van der Waals surface area (Å²) in [6.45, 7) is 9.17. The molecule has 0 saturated heterocycles. The van der Waals surface area contributed by atoms with Gasteiger partial charge in [0.25, 0.3) is 0 Å². The first-order valence-corrected chi connectivity index (χ1v) is 8.06. The van der Waals surface area contributed by atoms with E-state index < -0.39 is 0 Å². The molecule has 0 fully saturated rings. The van der Waals surface area contributed by atoms with Crippen LogP contribution in [-0.2, 0) is 16.1 Å². The molecule has 24 heavy (non-hydrogen) atoms. The van der Waals surface area contributed by atoms with Crippen molar-refractivity contribution in [2.45, 2.75) is 33.5 Å². The largest absolute Gasteiger partial charge is 0.379 e. The van der Waals surface area contributed by atoms with Gasteiger partial charge in [-0.05, 0) is 11.0 Å². The summed E-state index contributed by atoms with van der Waals surface area (Å²) in [5.74, 6) is 0.764. The first-order chi connectivity index (χ1) is 11.0. The smallest absolute Gasteiger partial charge is 0.191 e. The highest BCUT2D eigenvalue weighted by atomic mass is 127. The lowest BCUT2D eigenvalue weighted by Gasteiger charge is -2.30. The minimum Gasteiger partial charge on any atom is -0.379 e. The van der Waals surface area contributed by atoms with Crippen LogP contribution in [0.5, 0.6) is 0 Å². The van der Waals surface area contributed by atoms with E-state index in [4.69, 9.17) is 9.47 Å². The lowest BCUT2D eigenvalue weighted by Crippen LogP contribution is -2.45. The third-order valence-electron chi connectivity index (χ3n) is 3.58. The Hall–Kier alpha value is -0.860. The molecule has 1 atom stereocenters. The quantitative estimate of drug-likeness (QED) is 0.277.